The van der Waals surface area contributed by atoms with E-state index in [4.69, 9.17) is 0 Å². The summed E-state index contributed by atoms with van der Waals surface area (Å²) in [5.74, 6) is 2.69. The molecule has 0 heterocycles. The van der Waals surface area contributed by atoms with E-state index in [9.17, 15) is 17.6 Å². The van der Waals surface area contributed by atoms with Crippen molar-refractivity contribution >= 4 is 0 Å². The van der Waals surface area contributed by atoms with Gasteiger partial charge in [-0.1, -0.05) is 37.1 Å². The standard InChI is InChI=1S/C25H34F4/c26-18-2-1-3-19-4-6-20(7-5-19)8-9-21-10-12-22(13-11-21)23-14-16-24(17-15-23)25(27,28)29/h1,3,14-17,19-22H,2,4-13,18H2/b3-1+. The number of hydrogen-bond acceptors (Lipinski definition) is 0. The van der Waals surface area contributed by atoms with E-state index in [2.05, 4.69) is 6.08 Å². The average Bonchev–Trinajstić information content (AvgIpc) is 2.73. The van der Waals surface area contributed by atoms with Gasteiger partial charge in [0.25, 0.3) is 0 Å². The minimum Gasteiger partial charge on any atom is -0.251 e. The van der Waals surface area contributed by atoms with Crippen molar-refractivity contribution in [3.05, 3.63) is 47.5 Å². The summed E-state index contributed by atoms with van der Waals surface area (Å²) in [6.45, 7) is -0.257. The molecular formula is C25H34F4. The van der Waals surface area contributed by atoms with Crippen LogP contribution < -0.4 is 0 Å². The number of allylic oxidation sites excluding steroid dienone is 2. The van der Waals surface area contributed by atoms with Gasteiger partial charge in [0.05, 0.1) is 12.2 Å². The van der Waals surface area contributed by atoms with Gasteiger partial charge >= 0.3 is 6.18 Å². The summed E-state index contributed by atoms with van der Waals surface area (Å²) in [6, 6.07) is 5.80. The maximum absolute atomic E-state index is 12.7. The third-order valence-corrected chi connectivity index (χ3v) is 7.11. The molecule has 0 amide bonds. The Balaban J connectivity index is 1.35. The average molecular weight is 411 g/mol. The van der Waals surface area contributed by atoms with Crippen LogP contribution in [0.5, 0.6) is 0 Å². The van der Waals surface area contributed by atoms with Gasteiger partial charge < -0.3 is 0 Å². The molecule has 0 radical (unpaired) electrons. The molecule has 1 aromatic carbocycles. The molecule has 0 aromatic heterocycles. The smallest absolute Gasteiger partial charge is 0.251 e. The topological polar surface area (TPSA) is 0 Å². The van der Waals surface area contributed by atoms with E-state index < -0.39 is 11.7 Å². The zero-order chi connectivity index (χ0) is 20.7. The second kappa shape index (κ2) is 10.6. The van der Waals surface area contributed by atoms with Gasteiger partial charge in [-0.25, -0.2) is 0 Å². The van der Waals surface area contributed by atoms with Crippen LogP contribution in [0, 0.1) is 17.8 Å². The molecule has 2 aliphatic rings. The maximum Gasteiger partial charge on any atom is 0.416 e. The summed E-state index contributed by atoms with van der Waals surface area (Å²) in [5, 5.41) is 0. The fraction of sp³-hybridized carbons (Fsp3) is 0.680. The molecule has 2 saturated carbocycles. The van der Waals surface area contributed by atoms with Gasteiger partial charge in [0, 0.05) is 0 Å². The Hall–Kier alpha value is -1.32. The first-order chi connectivity index (χ1) is 14.0. The molecule has 0 N–H and O–H groups in total. The van der Waals surface area contributed by atoms with Crippen LogP contribution in [0.3, 0.4) is 0 Å². The molecule has 0 saturated heterocycles. The van der Waals surface area contributed by atoms with Crippen LogP contribution in [0.2, 0.25) is 0 Å². The van der Waals surface area contributed by atoms with E-state index in [0.717, 1.165) is 30.2 Å². The van der Waals surface area contributed by atoms with Crippen LogP contribution >= 0.6 is 0 Å². The van der Waals surface area contributed by atoms with Crippen molar-refractivity contribution in [3.63, 3.8) is 0 Å². The Morgan fingerprint density at radius 2 is 1.34 bits per heavy atom. The molecule has 1 aromatic rings. The molecule has 0 unspecified atom stereocenters. The molecule has 2 fully saturated rings. The molecule has 4 heteroatoms. The fourth-order valence-electron chi connectivity index (χ4n) is 5.22. The quantitative estimate of drug-likeness (QED) is 0.312. The number of hydrogen-bond donors (Lipinski definition) is 0. The Morgan fingerprint density at radius 3 is 1.86 bits per heavy atom. The first-order valence-electron chi connectivity index (χ1n) is 11.4. The molecular weight excluding hydrogens is 376 g/mol. The molecule has 0 aliphatic heterocycles. The minimum absolute atomic E-state index is 0.257. The third kappa shape index (κ3) is 6.86. The second-order valence-electron chi connectivity index (χ2n) is 9.10. The SMILES string of the molecule is FCC/C=C/C1CCC(CCC2CCC(c3ccc(C(F)(F)F)cc3)CC2)CC1. The van der Waals surface area contributed by atoms with Crippen molar-refractivity contribution in [1.29, 1.82) is 0 Å². The van der Waals surface area contributed by atoms with Gasteiger partial charge in [0.15, 0.2) is 0 Å². The minimum atomic E-state index is -4.25. The second-order valence-corrected chi connectivity index (χ2v) is 9.10. The van der Waals surface area contributed by atoms with E-state index in [1.165, 1.54) is 63.5 Å². The van der Waals surface area contributed by atoms with Crippen molar-refractivity contribution < 1.29 is 17.6 Å². The van der Waals surface area contributed by atoms with Crippen molar-refractivity contribution in [3.8, 4) is 0 Å². The normalized spacial score (nSPS) is 28.7. The van der Waals surface area contributed by atoms with E-state index in [1.807, 2.05) is 6.08 Å². The predicted molar refractivity (Wildman–Crippen MR) is 111 cm³/mol. The van der Waals surface area contributed by atoms with E-state index >= 15 is 0 Å². The summed E-state index contributed by atoms with van der Waals surface area (Å²) in [4.78, 5) is 0. The molecule has 29 heavy (non-hydrogen) atoms. The molecule has 0 spiro atoms. The Kier molecular flexibility index (Phi) is 8.20. The number of halogens is 4. The van der Waals surface area contributed by atoms with Crippen molar-refractivity contribution in [2.75, 3.05) is 6.67 Å². The van der Waals surface area contributed by atoms with Gasteiger partial charge in [-0.15, -0.1) is 0 Å². The highest BCUT2D eigenvalue weighted by atomic mass is 19.4. The summed E-state index contributed by atoms with van der Waals surface area (Å²) < 4.78 is 50.4. The van der Waals surface area contributed by atoms with Crippen LogP contribution in [0.4, 0.5) is 17.6 Å². The monoisotopic (exact) mass is 410 g/mol. The third-order valence-electron chi connectivity index (χ3n) is 7.11. The fourth-order valence-corrected chi connectivity index (χ4v) is 5.22. The van der Waals surface area contributed by atoms with Gasteiger partial charge in [-0.3, -0.25) is 4.39 Å². The van der Waals surface area contributed by atoms with Gasteiger partial charge in [-0.2, -0.15) is 13.2 Å². The van der Waals surface area contributed by atoms with E-state index in [0.29, 0.717) is 18.3 Å². The molecule has 0 atom stereocenters. The van der Waals surface area contributed by atoms with Crippen LogP contribution in [-0.4, -0.2) is 6.67 Å². The zero-order valence-corrected chi connectivity index (χ0v) is 17.3. The van der Waals surface area contributed by atoms with Crippen LogP contribution in [0.25, 0.3) is 0 Å². The molecule has 162 valence electrons. The highest BCUT2D eigenvalue weighted by Gasteiger charge is 2.31. The summed E-state index contributed by atoms with van der Waals surface area (Å²) in [5.41, 5.74) is 0.512. The van der Waals surface area contributed by atoms with Crippen LogP contribution in [-0.2, 0) is 6.18 Å². The van der Waals surface area contributed by atoms with Crippen molar-refractivity contribution in [2.45, 2.75) is 82.7 Å². The highest BCUT2D eigenvalue weighted by Crippen LogP contribution is 2.40. The largest absolute Gasteiger partial charge is 0.416 e. The lowest BCUT2D eigenvalue weighted by molar-refractivity contribution is -0.137. The van der Waals surface area contributed by atoms with Crippen molar-refractivity contribution in [1.82, 2.24) is 0 Å². The first-order valence-corrected chi connectivity index (χ1v) is 11.4. The molecule has 3 rings (SSSR count). The van der Waals surface area contributed by atoms with Crippen LogP contribution in [0.1, 0.15) is 87.7 Å². The number of alkyl halides is 4. The van der Waals surface area contributed by atoms with E-state index in [-0.39, 0.29) is 6.67 Å². The molecule has 0 nitrogen and oxygen atoms in total. The summed E-state index contributed by atoms with van der Waals surface area (Å²) in [7, 11) is 0. The predicted octanol–water partition coefficient (Wildman–Crippen LogP) is 8.48. The van der Waals surface area contributed by atoms with Gasteiger partial charge in [0.1, 0.15) is 0 Å². The Morgan fingerprint density at radius 1 is 0.793 bits per heavy atom. The zero-order valence-electron chi connectivity index (χ0n) is 17.3. The number of benzene rings is 1. The summed E-state index contributed by atoms with van der Waals surface area (Å²) in [6.07, 6.45) is 12.8. The summed E-state index contributed by atoms with van der Waals surface area (Å²) >= 11 is 0. The van der Waals surface area contributed by atoms with E-state index in [1.54, 1.807) is 12.1 Å². The molecule has 0 bridgehead atoms. The maximum atomic E-state index is 12.7. The van der Waals surface area contributed by atoms with Gasteiger partial charge in [0.2, 0.25) is 0 Å². The lowest BCUT2D eigenvalue weighted by atomic mass is 9.74. The Labute approximate surface area is 172 Å². The Bertz CT molecular complexity index is 615. The first kappa shape index (κ1) is 22.4. The van der Waals surface area contributed by atoms with Crippen molar-refractivity contribution in [2.24, 2.45) is 17.8 Å². The van der Waals surface area contributed by atoms with Gasteiger partial charge in [-0.05, 0) is 99.2 Å². The van der Waals surface area contributed by atoms with Crippen LogP contribution in [0.15, 0.2) is 36.4 Å². The lowest BCUT2D eigenvalue weighted by Crippen LogP contribution is -2.17. The molecule has 2 aliphatic carbocycles. The highest BCUT2D eigenvalue weighted by molar-refractivity contribution is 5.27. The number of rotatable bonds is 7. The lowest BCUT2D eigenvalue weighted by Gasteiger charge is -2.31.